The number of likely N-dealkylation sites (tertiary alicyclic amines) is 1. The Morgan fingerprint density at radius 2 is 1.95 bits per heavy atom. The van der Waals surface area contributed by atoms with E-state index in [1.54, 1.807) is 20.3 Å². The molecule has 1 aliphatic rings. The second kappa shape index (κ2) is 7.28. The monoisotopic (exact) mass is 280 g/mol. The molecule has 0 spiro atoms. The molecule has 1 aliphatic heterocycles. The Morgan fingerprint density at radius 3 is 2.55 bits per heavy atom. The summed E-state index contributed by atoms with van der Waals surface area (Å²) in [6, 6.07) is 2.22. The molecule has 2 rings (SSSR count). The van der Waals surface area contributed by atoms with E-state index >= 15 is 0 Å². The number of hydrogen-bond acceptors (Lipinski definition) is 6. The molecule has 6 heteroatoms. The molecule has 1 fully saturated rings. The molecule has 0 bridgehead atoms. The molecule has 1 saturated heterocycles. The second-order valence-electron chi connectivity index (χ2n) is 4.94. The first kappa shape index (κ1) is 14.8. The molecule has 1 aromatic rings. The molecule has 0 aliphatic carbocycles. The number of anilines is 1. The van der Waals surface area contributed by atoms with E-state index < -0.39 is 0 Å². The van der Waals surface area contributed by atoms with Crippen molar-refractivity contribution < 1.29 is 9.47 Å². The Morgan fingerprint density at radius 1 is 1.25 bits per heavy atom. The average molecular weight is 280 g/mol. The SMILES string of the molecule is CCN1CCCC[C@@H]1CNc1nc(OC)cc(OC)n1. The molecule has 1 aromatic heterocycles. The van der Waals surface area contributed by atoms with Crippen molar-refractivity contribution >= 4 is 5.95 Å². The highest BCUT2D eigenvalue weighted by molar-refractivity contribution is 5.33. The molecule has 0 radical (unpaired) electrons. The van der Waals surface area contributed by atoms with E-state index in [1.807, 2.05) is 0 Å². The highest BCUT2D eigenvalue weighted by Gasteiger charge is 2.20. The third-order valence-electron chi connectivity index (χ3n) is 3.75. The van der Waals surface area contributed by atoms with Gasteiger partial charge in [-0.05, 0) is 25.9 Å². The smallest absolute Gasteiger partial charge is 0.229 e. The minimum absolute atomic E-state index is 0.510. The normalized spacial score (nSPS) is 19.6. The van der Waals surface area contributed by atoms with Crippen LogP contribution in [0.2, 0.25) is 0 Å². The Hall–Kier alpha value is -1.56. The molecule has 0 saturated carbocycles. The van der Waals surface area contributed by atoms with Crippen molar-refractivity contribution in [3.8, 4) is 11.8 Å². The molecule has 0 amide bonds. The molecular weight excluding hydrogens is 256 g/mol. The number of ether oxygens (including phenoxy) is 2. The van der Waals surface area contributed by atoms with E-state index in [1.165, 1.54) is 25.8 Å². The third-order valence-corrected chi connectivity index (χ3v) is 3.75. The summed E-state index contributed by atoms with van der Waals surface area (Å²) >= 11 is 0. The Balaban J connectivity index is 1.98. The number of nitrogens with zero attached hydrogens (tertiary/aromatic N) is 3. The fourth-order valence-corrected chi connectivity index (χ4v) is 2.61. The molecule has 0 aromatic carbocycles. The van der Waals surface area contributed by atoms with Crippen molar-refractivity contribution in [3.05, 3.63) is 6.07 Å². The van der Waals surface area contributed by atoms with Gasteiger partial charge in [0.1, 0.15) is 0 Å². The number of aromatic nitrogens is 2. The van der Waals surface area contributed by atoms with Crippen molar-refractivity contribution in [1.82, 2.24) is 14.9 Å². The summed E-state index contributed by atoms with van der Waals surface area (Å²) in [6.45, 7) is 5.34. The highest BCUT2D eigenvalue weighted by Crippen LogP contribution is 2.19. The van der Waals surface area contributed by atoms with E-state index in [2.05, 4.69) is 27.1 Å². The molecule has 1 N–H and O–H groups in total. The number of likely N-dealkylation sites (N-methyl/N-ethyl adjacent to an activating group) is 1. The zero-order valence-electron chi connectivity index (χ0n) is 12.6. The summed E-state index contributed by atoms with van der Waals surface area (Å²) in [5, 5.41) is 3.30. The third kappa shape index (κ3) is 3.72. The second-order valence-corrected chi connectivity index (χ2v) is 4.94. The standard InChI is InChI=1S/C14H24N4O2/c1-4-18-8-6-5-7-11(18)10-15-14-16-12(19-2)9-13(17-14)20-3/h9,11H,4-8,10H2,1-3H3,(H,15,16,17)/t11-/m1/s1. The van der Waals surface area contributed by atoms with Gasteiger partial charge in [0.15, 0.2) is 0 Å². The zero-order chi connectivity index (χ0) is 14.4. The van der Waals surface area contributed by atoms with Gasteiger partial charge in [-0.25, -0.2) is 0 Å². The van der Waals surface area contributed by atoms with E-state index in [4.69, 9.17) is 9.47 Å². The van der Waals surface area contributed by atoms with Gasteiger partial charge in [-0.3, -0.25) is 4.90 Å². The number of methoxy groups -OCH3 is 2. The first-order chi connectivity index (χ1) is 9.76. The van der Waals surface area contributed by atoms with Gasteiger partial charge in [0, 0.05) is 12.6 Å². The number of piperidine rings is 1. The van der Waals surface area contributed by atoms with Crippen LogP contribution < -0.4 is 14.8 Å². The quantitative estimate of drug-likeness (QED) is 0.857. The van der Waals surface area contributed by atoms with Crippen LogP contribution in [0.3, 0.4) is 0 Å². The van der Waals surface area contributed by atoms with E-state index in [9.17, 15) is 0 Å². The maximum absolute atomic E-state index is 5.15. The van der Waals surface area contributed by atoms with Crippen LogP contribution in [-0.4, -0.2) is 54.8 Å². The number of rotatable bonds is 6. The molecule has 112 valence electrons. The van der Waals surface area contributed by atoms with Gasteiger partial charge in [0.05, 0.1) is 20.3 Å². The number of nitrogens with one attached hydrogen (secondary N) is 1. The summed E-state index contributed by atoms with van der Waals surface area (Å²) in [4.78, 5) is 11.1. The van der Waals surface area contributed by atoms with Gasteiger partial charge >= 0.3 is 0 Å². The summed E-state index contributed by atoms with van der Waals surface area (Å²) in [6.07, 6.45) is 3.82. The van der Waals surface area contributed by atoms with Crippen LogP contribution in [0.1, 0.15) is 26.2 Å². The van der Waals surface area contributed by atoms with Crippen molar-refractivity contribution in [2.24, 2.45) is 0 Å². The maximum Gasteiger partial charge on any atom is 0.229 e. The predicted molar refractivity (Wildman–Crippen MR) is 78.5 cm³/mol. The largest absolute Gasteiger partial charge is 0.481 e. The van der Waals surface area contributed by atoms with Crippen molar-refractivity contribution in [2.45, 2.75) is 32.2 Å². The Labute approximate surface area is 120 Å². The van der Waals surface area contributed by atoms with Gasteiger partial charge in [0.25, 0.3) is 0 Å². The van der Waals surface area contributed by atoms with Crippen molar-refractivity contribution in [3.63, 3.8) is 0 Å². The Kier molecular flexibility index (Phi) is 5.40. The lowest BCUT2D eigenvalue weighted by molar-refractivity contribution is 0.164. The van der Waals surface area contributed by atoms with Crippen LogP contribution >= 0.6 is 0 Å². The first-order valence-corrected chi connectivity index (χ1v) is 7.21. The van der Waals surface area contributed by atoms with Crippen LogP contribution in [0.5, 0.6) is 11.8 Å². The molecular formula is C14H24N4O2. The van der Waals surface area contributed by atoms with E-state index in [0.29, 0.717) is 23.8 Å². The summed E-state index contributed by atoms with van der Waals surface area (Å²) < 4.78 is 10.3. The minimum atomic E-state index is 0.510. The highest BCUT2D eigenvalue weighted by atomic mass is 16.5. The van der Waals surface area contributed by atoms with Crippen LogP contribution in [0.15, 0.2) is 6.07 Å². The molecule has 20 heavy (non-hydrogen) atoms. The molecule has 0 unspecified atom stereocenters. The lowest BCUT2D eigenvalue weighted by Gasteiger charge is -2.34. The summed E-state index contributed by atoms with van der Waals surface area (Å²) in [7, 11) is 3.18. The van der Waals surface area contributed by atoms with Crippen molar-refractivity contribution in [1.29, 1.82) is 0 Å². The molecule has 6 nitrogen and oxygen atoms in total. The van der Waals surface area contributed by atoms with Crippen molar-refractivity contribution in [2.75, 3.05) is 39.2 Å². The molecule has 1 atom stereocenters. The van der Waals surface area contributed by atoms with Crippen LogP contribution in [0, 0.1) is 0 Å². The molecule has 2 heterocycles. The zero-order valence-corrected chi connectivity index (χ0v) is 12.6. The first-order valence-electron chi connectivity index (χ1n) is 7.21. The van der Waals surface area contributed by atoms with Gasteiger partial charge in [-0.15, -0.1) is 0 Å². The lowest BCUT2D eigenvalue weighted by atomic mass is 10.0. The van der Waals surface area contributed by atoms with E-state index in [0.717, 1.165) is 13.1 Å². The minimum Gasteiger partial charge on any atom is -0.481 e. The average Bonchev–Trinajstić information content (AvgIpc) is 2.52. The van der Waals surface area contributed by atoms with Gasteiger partial charge in [-0.1, -0.05) is 13.3 Å². The van der Waals surface area contributed by atoms with E-state index in [-0.39, 0.29) is 0 Å². The maximum atomic E-state index is 5.15. The van der Waals surface area contributed by atoms with Crippen LogP contribution in [0.4, 0.5) is 5.95 Å². The number of hydrogen-bond donors (Lipinski definition) is 1. The fourth-order valence-electron chi connectivity index (χ4n) is 2.61. The topological polar surface area (TPSA) is 59.5 Å². The van der Waals surface area contributed by atoms with Crippen LogP contribution in [-0.2, 0) is 0 Å². The Bertz CT molecular complexity index is 405. The van der Waals surface area contributed by atoms with Gasteiger partial charge in [-0.2, -0.15) is 9.97 Å². The lowest BCUT2D eigenvalue weighted by Crippen LogP contribution is -2.43. The predicted octanol–water partition coefficient (Wildman–Crippen LogP) is 1.78. The fraction of sp³-hybridized carbons (Fsp3) is 0.714. The summed E-state index contributed by atoms with van der Waals surface area (Å²) in [5.41, 5.74) is 0. The summed E-state index contributed by atoms with van der Waals surface area (Å²) in [5.74, 6) is 1.58. The van der Waals surface area contributed by atoms with Crippen LogP contribution in [0.25, 0.3) is 0 Å². The van der Waals surface area contributed by atoms with Gasteiger partial charge in [0.2, 0.25) is 17.7 Å². The van der Waals surface area contributed by atoms with Gasteiger partial charge < -0.3 is 14.8 Å².